The van der Waals surface area contributed by atoms with Gasteiger partial charge < -0.3 is 25.0 Å². The van der Waals surface area contributed by atoms with Gasteiger partial charge in [-0.2, -0.15) is 0 Å². The number of hydrogen-bond acceptors (Lipinski definition) is 5. The Morgan fingerprint density at radius 1 is 1.17 bits per heavy atom. The highest BCUT2D eigenvalue weighted by atomic mass is 16.6. The molecule has 0 aromatic heterocycles. The predicted octanol–water partition coefficient (Wildman–Crippen LogP) is 2.24. The van der Waals surface area contributed by atoms with Crippen LogP contribution >= 0.6 is 0 Å². The summed E-state index contributed by atoms with van der Waals surface area (Å²) in [5.74, 6) is 0. The van der Waals surface area contributed by atoms with Gasteiger partial charge in [0.15, 0.2) is 0 Å². The van der Waals surface area contributed by atoms with E-state index in [0.29, 0.717) is 19.2 Å². The van der Waals surface area contributed by atoms with E-state index < -0.39 is 5.60 Å². The van der Waals surface area contributed by atoms with Crippen LogP contribution in [0.4, 0.5) is 4.79 Å². The lowest BCUT2D eigenvalue weighted by molar-refractivity contribution is 0.0526. The van der Waals surface area contributed by atoms with Crippen molar-refractivity contribution in [3.63, 3.8) is 0 Å². The number of hydrogen-bond donors (Lipinski definition) is 2. The molecule has 0 saturated carbocycles. The van der Waals surface area contributed by atoms with Crippen molar-refractivity contribution in [2.75, 3.05) is 46.4 Å². The highest BCUT2D eigenvalue weighted by Crippen LogP contribution is 2.06. The molecule has 0 heterocycles. The summed E-state index contributed by atoms with van der Waals surface area (Å²) in [6.45, 7) is 15.4. The van der Waals surface area contributed by atoms with Gasteiger partial charge in [-0.15, -0.1) is 0 Å². The van der Waals surface area contributed by atoms with E-state index in [0.717, 1.165) is 39.0 Å². The molecule has 23 heavy (non-hydrogen) atoms. The Morgan fingerprint density at radius 3 is 2.35 bits per heavy atom. The number of rotatable bonds is 12. The molecule has 0 aliphatic carbocycles. The zero-order valence-electron chi connectivity index (χ0n) is 15.9. The molecule has 2 N–H and O–H groups in total. The van der Waals surface area contributed by atoms with Crippen molar-refractivity contribution >= 4 is 6.09 Å². The third-order valence-electron chi connectivity index (χ3n) is 3.52. The maximum absolute atomic E-state index is 11.6. The maximum atomic E-state index is 11.6. The van der Waals surface area contributed by atoms with Crippen LogP contribution in [0.1, 0.15) is 47.5 Å². The monoisotopic (exact) mass is 331 g/mol. The van der Waals surface area contributed by atoms with Crippen molar-refractivity contribution in [2.24, 2.45) is 0 Å². The Morgan fingerprint density at radius 2 is 1.83 bits per heavy atom. The Bertz CT molecular complexity index is 302. The Hall–Kier alpha value is -0.850. The molecule has 0 aromatic carbocycles. The van der Waals surface area contributed by atoms with Crippen molar-refractivity contribution in [1.29, 1.82) is 0 Å². The lowest BCUT2D eigenvalue weighted by atomic mass is 10.1. The topological polar surface area (TPSA) is 62.8 Å². The molecule has 0 aliphatic rings. The standard InChI is InChI=1S/C17H37N3O3/c1-7-20(8-2)13-12-18-15(14-22-6)10-9-11-19-16(21)23-17(3,4)5/h15,18H,7-14H2,1-6H3,(H,19,21). The summed E-state index contributed by atoms with van der Waals surface area (Å²) in [6, 6.07) is 0.316. The molecule has 0 saturated heterocycles. The smallest absolute Gasteiger partial charge is 0.407 e. The summed E-state index contributed by atoms with van der Waals surface area (Å²) in [7, 11) is 1.72. The second-order valence-corrected chi connectivity index (χ2v) is 6.70. The summed E-state index contributed by atoms with van der Waals surface area (Å²) in [4.78, 5) is 14.0. The van der Waals surface area contributed by atoms with Gasteiger partial charge in [-0.3, -0.25) is 0 Å². The molecule has 0 spiro atoms. The van der Waals surface area contributed by atoms with Gasteiger partial charge in [0.25, 0.3) is 0 Å². The van der Waals surface area contributed by atoms with Crippen LogP contribution in [0.5, 0.6) is 0 Å². The Balaban J connectivity index is 3.89. The van der Waals surface area contributed by atoms with Crippen LogP contribution in [-0.4, -0.2) is 69.1 Å². The SMILES string of the molecule is CCN(CC)CCNC(CCCNC(=O)OC(C)(C)C)COC. The van der Waals surface area contributed by atoms with Gasteiger partial charge in [0.2, 0.25) is 0 Å². The number of carbonyl (C=O) groups excluding carboxylic acids is 1. The molecule has 1 unspecified atom stereocenters. The molecule has 0 rings (SSSR count). The zero-order valence-corrected chi connectivity index (χ0v) is 15.9. The van der Waals surface area contributed by atoms with Gasteiger partial charge in [0, 0.05) is 32.8 Å². The number of amides is 1. The molecule has 0 aliphatic heterocycles. The minimum Gasteiger partial charge on any atom is -0.444 e. The van der Waals surface area contributed by atoms with Crippen molar-refractivity contribution in [3.8, 4) is 0 Å². The highest BCUT2D eigenvalue weighted by molar-refractivity contribution is 5.67. The number of nitrogens with one attached hydrogen (secondary N) is 2. The fourth-order valence-corrected chi connectivity index (χ4v) is 2.27. The van der Waals surface area contributed by atoms with Crippen molar-refractivity contribution in [3.05, 3.63) is 0 Å². The minimum atomic E-state index is -0.450. The maximum Gasteiger partial charge on any atom is 0.407 e. The Kier molecular flexibility index (Phi) is 12.1. The van der Waals surface area contributed by atoms with Crippen LogP contribution in [0.25, 0.3) is 0 Å². The first-order valence-electron chi connectivity index (χ1n) is 8.73. The molecule has 0 bridgehead atoms. The third-order valence-corrected chi connectivity index (χ3v) is 3.52. The quantitative estimate of drug-likeness (QED) is 0.537. The minimum absolute atomic E-state index is 0.316. The van der Waals surface area contributed by atoms with Crippen LogP contribution in [0.15, 0.2) is 0 Å². The Labute approximate surface area is 142 Å². The van der Waals surface area contributed by atoms with E-state index in [-0.39, 0.29) is 6.09 Å². The van der Waals surface area contributed by atoms with E-state index in [1.54, 1.807) is 7.11 Å². The van der Waals surface area contributed by atoms with Gasteiger partial charge in [-0.25, -0.2) is 4.79 Å². The van der Waals surface area contributed by atoms with Crippen LogP contribution < -0.4 is 10.6 Å². The second-order valence-electron chi connectivity index (χ2n) is 6.70. The fourth-order valence-electron chi connectivity index (χ4n) is 2.27. The number of ether oxygens (including phenoxy) is 2. The predicted molar refractivity (Wildman–Crippen MR) is 94.9 cm³/mol. The average molecular weight is 332 g/mol. The molecular weight excluding hydrogens is 294 g/mol. The lowest BCUT2D eigenvalue weighted by Crippen LogP contribution is -2.40. The van der Waals surface area contributed by atoms with E-state index in [9.17, 15) is 4.79 Å². The van der Waals surface area contributed by atoms with Crippen LogP contribution in [-0.2, 0) is 9.47 Å². The number of nitrogens with zero attached hydrogens (tertiary/aromatic N) is 1. The van der Waals surface area contributed by atoms with E-state index >= 15 is 0 Å². The first-order valence-corrected chi connectivity index (χ1v) is 8.73. The van der Waals surface area contributed by atoms with Gasteiger partial charge in [0.1, 0.15) is 5.60 Å². The molecule has 0 aromatic rings. The van der Waals surface area contributed by atoms with E-state index in [4.69, 9.17) is 9.47 Å². The van der Waals surface area contributed by atoms with Crippen molar-refractivity contribution < 1.29 is 14.3 Å². The summed E-state index contributed by atoms with van der Waals surface area (Å²) < 4.78 is 10.5. The largest absolute Gasteiger partial charge is 0.444 e. The number of methoxy groups -OCH3 is 1. The molecule has 1 amide bonds. The highest BCUT2D eigenvalue weighted by Gasteiger charge is 2.15. The number of carbonyl (C=O) groups is 1. The van der Waals surface area contributed by atoms with Crippen molar-refractivity contribution in [2.45, 2.75) is 59.1 Å². The summed E-state index contributed by atoms with van der Waals surface area (Å²) in [5.41, 5.74) is -0.450. The van der Waals surface area contributed by atoms with Gasteiger partial charge in [-0.1, -0.05) is 13.8 Å². The second kappa shape index (κ2) is 12.6. The molecule has 0 fully saturated rings. The molecule has 138 valence electrons. The first-order chi connectivity index (χ1) is 10.8. The molecular formula is C17H37N3O3. The number of alkyl carbamates (subject to hydrolysis) is 1. The molecule has 6 heteroatoms. The van der Waals surface area contributed by atoms with E-state index in [2.05, 4.69) is 29.4 Å². The van der Waals surface area contributed by atoms with Crippen LogP contribution in [0.2, 0.25) is 0 Å². The normalized spacial score (nSPS) is 13.2. The lowest BCUT2D eigenvalue weighted by Gasteiger charge is -2.22. The van der Waals surface area contributed by atoms with Gasteiger partial charge >= 0.3 is 6.09 Å². The van der Waals surface area contributed by atoms with Crippen LogP contribution in [0.3, 0.4) is 0 Å². The van der Waals surface area contributed by atoms with E-state index in [1.807, 2.05) is 20.8 Å². The van der Waals surface area contributed by atoms with E-state index in [1.165, 1.54) is 0 Å². The summed E-state index contributed by atoms with van der Waals surface area (Å²) in [5, 5.41) is 6.33. The fraction of sp³-hybridized carbons (Fsp3) is 0.941. The molecule has 6 nitrogen and oxygen atoms in total. The third kappa shape index (κ3) is 13.3. The average Bonchev–Trinajstić information content (AvgIpc) is 2.46. The van der Waals surface area contributed by atoms with Gasteiger partial charge in [0.05, 0.1) is 6.61 Å². The zero-order chi connectivity index (χ0) is 17.7. The summed E-state index contributed by atoms with van der Waals surface area (Å²) in [6.07, 6.45) is 1.50. The van der Waals surface area contributed by atoms with Crippen LogP contribution in [0, 0.1) is 0 Å². The summed E-state index contributed by atoms with van der Waals surface area (Å²) >= 11 is 0. The molecule has 1 atom stereocenters. The van der Waals surface area contributed by atoms with Crippen molar-refractivity contribution in [1.82, 2.24) is 15.5 Å². The first kappa shape index (κ1) is 22.1. The molecule has 0 radical (unpaired) electrons. The van der Waals surface area contributed by atoms with Gasteiger partial charge in [-0.05, 0) is 46.7 Å². The number of likely N-dealkylation sites (N-methyl/N-ethyl adjacent to an activating group) is 1.